The van der Waals surface area contributed by atoms with Gasteiger partial charge in [-0.05, 0) is 34.5 Å². The Morgan fingerprint density at radius 3 is 2.07 bits per heavy atom. The topological polar surface area (TPSA) is 26.7 Å². The van der Waals surface area contributed by atoms with Gasteiger partial charge in [0.05, 0.1) is 6.17 Å². The summed E-state index contributed by atoms with van der Waals surface area (Å²) in [5, 5.41) is 9.50. The Hall–Kier alpha value is -0.120. The molecule has 0 amide bonds. The molecule has 0 saturated carbocycles. The Bertz CT molecular complexity index is 137. The van der Waals surface area contributed by atoms with Crippen LogP contribution < -0.4 is 0 Å². The Morgan fingerprint density at radius 1 is 1.14 bits per heavy atom. The molecule has 0 saturated heterocycles. The maximum absolute atomic E-state index is 9.50. The molecule has 0 radical (unpaired) electrons. The van der Waals surface area contributed by atoms with Gasteiger partial charge in [0.1, 0.15) is 6.23 Å². The van der Waals surface area contributed by atoms with E-state index in [0.29, 0.717) is 6.17 Å². The minimum absolute atomic E-state index is 0.349. The first-order valence-corrected chi connectivity index (χ1v) is 5.57. The zero-order chi connectivity index (χ0) is 11.1. The van der Waals surface area contributed by atoms with E-state index in [1.165, 1.54) is 19.3 Å². The van der Waals surface area contributed by atoms with Crippen molar-refractivity contribution in [3.8, 4) is 0 Å². The molecule has 1 N–H and O–H groups in total. The Labute approximate surface area is 88.7 Å². The number of rotatable bonds is 7. The normalized spacial score (nSPS) is 16.3. The lowest BCUT2D eigenvalue weighted by Crippen LogP contribution is -2.46. The molecular weight excluding hydrogens is 176 g/mol. The molecule has 3 nitrogen and oxygen atoms in total. The van der Waals surface area contributed by atoms with E-state index >= 15 is 0 Å². The van der Waals surface area contributed by atoms with E-state index in [1.54, 1.807) is 0 Å². The van der Waals surface area contributed by atoms with Gasteiger partial charge in [0.2, 0.25) is 0 Å². The molecule has 0 aliphatic carbocycles. The highest BCUT2D eigenvalue weighted by atomic mass is 16.3. The van der Waals surface area contributed by atoms with Crippen molar-refractivity contribution >= 4 is 0 Å². The van der Waals surface area contributed by atoms with Crippen molar-refractivity contribution in [3.05, 3.63) is 0 Å². The van der Waals surface area contributed by atoms with Crippen LogP contribution in [0.3, 0.4) is 0 Å². The van der Waals surface area contributed by atoms with E-state index in [0.717, 1.165) is 6.42 Å². The van der Waals surface area contributed by atoms with E-state index in [2.05, 4.69) is 25.9 Å². The average molecular weight is 202 g/mol. The van der Waals surface area contributed by atoms with E-state index in [1.807, 2.05) is 18.9 Å². The van der Waals surface area contributed by atoms with Crippen LogP contribution in [0, 0.1) is 0 Å². The second kappa shape index (κ2) is 7.21. The molecule has 0 aliphatic rings. The van der Waals surface area contributed by atoms with Crippen LogP contribution in [0.4, 0.5) is 0 Å². The van der Waals surface area contributed by atoms with Crippen molar-refractivity contribution in [2.45, 2.75) is 51.9 Å². The molecule has 3 heteroatoms. The molecule has 14 heavy (non-hydrogen) atoms. The van der Waals surface area contributed by atoms with Crippen LogP contribution >= 0.6 is 0 Å². The molecule has 0 fully saturated rings. The van der Waals surface area contributed by atoms with Gasteiger partial charge >= 0.3 is 0 Å². The summed E-state index contributed by atoms with van der Waals surface area (Å²) in [7, 11) is 6.10. The third kappa shape index (κ3) is 4.94. The summed E-state index contributed by atoms with van der Waals surface area (Å²) in [6.45, 7) is 4.03. The summed E-state index contributed by atoms with van der Waals surface area (Å²) in [6.07, 6.45) is 4.86. The van der Waals surface area contributed by atoms with Crippen LogP contribution in [-0.4, -0.2) is 48.4 Å². The maximum Gasteiger partial charge on any atom is 0.105 e. The van der Waals surface area contributed by atoms with Gasteiger partial charge in [-0.15, -0.1) is 0 Å². The van der Waals surface area contributed by atoms with Crippen molar-refractivity contribution in [1.29, 1.82) is 0 Å². The predicted octanol–water partition coefficient (Wildman–Crippen LogP) is 1.72. The number of aliphatic hydroxyl groups excluding tert-OH is 1. The number of nitrogens with zero attached hydrogens (tertiary/aromatic N) is 2. The Kier molecular flexibility index (Phi) is 7.15. The summed E-state index contributed by atoms with van der Waals surface area (Å²) < 4.78 is 0. The van der Waals surface area contributed by atoms with Crippen molar-refractivity contribution in [2.24, 2.45) is 0 Å². The fraction of sp³-hybridized carbons (Fsp3) is 1.00. The van der Waals surface area contributed by atoms with Crippen molar-refractivity contribution in [1.82, 2.24) is 9.80 Å². The van der Waals surface area contributed by atoms with Crippen molar-refractivity contribution < 1.29 is 5.11 Å². The SMILES string of the molecule is CCCCCC(N(C)C)N(C)C(C)O. The first kappa shape index (κ1) is 13.9. The lowest BCUT2D eigenvalue weighted by Gasteiger charge is -2.35. The Balaban J connectivity index is 4.01. The first-order chi connectivity index (χ1) is 6.50. The maximum atomic E-state index is 9.50. The monoisotopic (exact) mass is 202 g/mol. The highest BCUT2D eigenvalue weighted by Gasteiger charge is 2.19. The molecule has 0 aromatic heterocycles. The minimum Gasteiger partial charge on any atom is -0.379 e. The van der Waals surface area contributed by atoms with Gasteiger partial charge in [0.15, 0.2) is 0 Å². The summed E-state index contributed by atoms with van der Waals surface area (Å²) in [5.41, 5.74) is 0. The molecule has 0 rings (SSSR count). The molecule has 0 heterocycles. The van der Waals surface area contributed by atoms with Crippen LogP contribution in [0.2, 0.25) is 0 Å². The van der Waals surface area contributed by atoms with Gasteiger partial charge in [-0.1, -0.05) is 26.2 Å². The molecule has 2 atom stereocenters. The summed E-state index contributed by atoms with van der Waals surface area (Å²) in [5.74, 6) is 0. The first-order valence-electron chi connectivity index (χ1n) is 5.57. The van der Waals surface area contributed by atoms with Crippen molar-refractivity contribution in [2.75, 3.05) is 21.1 Å². The largest absolute Gasteiger partial charge is 0.379 e. The summed E-state index contributed by atoms with van der Waals surface area (Å²) in [4.78, 5) is 4.18. The number of hydrogen-bond acceptors (Lipinski definition) is 3. The van der Waals surface area contributed by atoms with Crippen LogP contribution in [0.5, 0.6) is 0 Å². The smallest absolute Gasteiger partial charge is 0.105 e. The van der Waals surface area contributed by atoms with E-state index in [-0.39, 0.29) is 6.23 Å². The molecule has 0 aliphatic heterocycles. The van der Waals surface area contributed by atoms with Crippen LogP contribution in [0.1, 0.15) is 39.5 Å². The molecule has 86 valence electrons. The van der Waals surface area contributed by atoms with Crippen LogP contribution in [0.15, 0.2) is 0 Å². The second-order valence-corrected chi connectivity index (χ2v) is 4.24. The van der Waals surface area contributed by atoms with Crippen molar-refractivity contribution in [3.63, 3.8) is 0 Å². The zero-order valence-corrected chi connectivity index (χ0v) is 10.3. The van der Waals surface area contributed by atoms with E-state index < -0.39 is 0 Å². The van der Waals surface area contributed by atoms with E-state index in [9.17, 15) is 5.11 Å². The lowest BCUT2D eigenvalue weighted by molar-refractivity contribution is -0.0389. The molecular formula is C11H26N2O. The number of aliphatic hydroxyl groups is 1. The Morgan fingerprint density at radius 2 is 1.71 bits per heavy atom. The van der Waals surface area contributed by atoms with Gasteiger partial charge < -0.3 is 5.11 Å². The minimum atomic E-state index is -0.371. The third-order valence-electron chi connectivity index (χ3n) is 2.72. The standard InChI is InChI=1S/C11H26N2O/c1-6-7-8-9-11(12(3)4)13(5)10(2)14/h10-11,14H,6-9H2,1-5H3. The molecule has 2 unspecified atom stereocenters. The molecule has 0 aromatic carbocycles. The molecule has 0 spiro atoms. The van der Waals surface area contributed by atoms with Gasteiger partial charge in [0.25, 0.3) is 0 Å². The summed E-state index contributed by atoms with van der Waals surface area (Å²) in [6, 6.07) is 0. The highest BCUT2D eigenvalue weighted by molar-refractivity contribution is 4.66. The van der Waals surface area contributed by atoms with E-state index in [4.69, 9.17) is 0 Å². The predicted molar refractivity (Wildman–Crippen MR) is 61.1 cm³/mol. The fourth-order valence-electron chi connectivity index (χ4n) is 1.65. The van der Waals surface area contributed by atoms with Crippen LogP contribution in [0.25, 0.3) is 0 Å². The molecule has 0 bridgehead atoms. The third-order valence-corrected chi connectivity index (χ3v) is 2.72. The van der Waals surface area contributed by atoms with Gasteiger partial charge in [-0.2, -0.15) is 0 Å². The van der Waals surface area contributed by atoms with Gasteiger partial charge in [-0.25, -0.2) is 0 Å². The van der Waals surface area contributed by atoms with Gasteiger partial charge in [-0.3, -0.25) is 9.80 Å². The molecule has 0 aromatic rings. The van der Waals surface area contributed by atoms with Gasteiger partial charge in [0, 0.05) is 0 Å². The second-order valence-electron chi connectivity index (χ2n) is 4.24. The average Bonchev–Trinajstić information content (AvgIpc) is 2.10. The zero-order valence-electron chi connectivity index (χ0n) is 10.3. The highest BCUT2D eigenvalue weighted by Crippen LogP contribution is 2.12. The fourth-order valence-corrected chi connectivity index (χ4v) is 1.65. The summed E-state index contributed by atoms with van der Waals surface area (Å²) >= 11 is 0. The number of hydrogen-bond donors (Lipinski definition) is 1. The van der Waals surface area contributed by atoms with Crippen LogP contribution in [-0.2, 0) is 0 Å². The number of unbranched alkanes of at least 4 members (excludes halogenated alkanes) is 2. The lowest BCUT2D eigenvalue weighted by atomic mass is 10.1. The quantitative estimate of drug-likeness (QED) is 0.503.